The van der Waals surface area contributed by atoms with Crippen LogP contribution in [0.1, 0.15) is 64.7 Å². The van der Waals surface area contributed by atoms with Crippen LogP contribution in [0.5, 0.6) is 0 Å². The van der Waals surface area contributed by atoms with Gasteiger partial charge in [0.1, 0.15) is 0 Å². The molecule has 3 rings (SSSR count). The lowest BCUT2D eigenvalue weighted by molar-refractivity contribution is -0.135. The predicted molar refractivity (Wildman–Crippen MR) is 82.3 cm³/mol. The zero-order valence-corrected chi connectivity index (χ0v) is 13.3. The molecule has 0 spiro atoms. The monoisotopic (exact) mass is 277 g/mol. The summed E-state index contributed by atoms with van der Waals surface area (Å²) in [4.78, 5) is 14.4. The van der Waals surface area contributed by atoms with Crippen molar-refractivity contribution >= 4 is 5.91 Å². The van der Waals surface area contributed by atoms with Gasteiger partial charge in [-0.25, -0.2) is 0 Å². The minimum absolute atomic E-state index is 0.406. The van der Waals surface area contributed by atoms with Crippen molar-refractivity contribution in [1.29, 1.82) is 0 Å². The molecular formula is C18H31NO. The number of carbonyl (C=O) groups excluding carboxylic acids is 1. The normalized spacial score (nSPS) is 37.3. The first kappa shape index (κ1) is 14.4. The van der Waals surface area contributed by atoms with Crippen LogP contribution < -0.4 is 0 Å². The van der Waals surface area contributed by atoms with E-state index in [1.165, 1.54) is 51.4 Å². The Balaban J connectivity index is 1.48. The fourth-order valence-corrected chi connectivity index (χ4v) is 5.27. The highest BCUT2D eigenvalue weighted by atomic mass is 16.2. The molecule has 4 atom stereocenters. The molecule has 4 unspecified atom stereocenters. The van der Waals surface area contributed by atoms with Crippen molar-refractivity contribution in [2.75, 3.05) is 13.6 Å². The third-order valence-electron chi connectivity index (χ3n) is 6.62. The Labute approximate surface area is 124 Å². The summed E-state index contributed by atoms with van der Waals surface area (Å²) in [5.74, 6) is 4.64. The van der Waals surface area contributed by atoms with E-state index in [9.17, 15) is 4.79 Å². The standard InChI is InChI=1S/C18H31NO/c1-13-15-9-5-6-10-16(15)17(13)12-19(2)18(20)11-14-7-3-4-8-14/h13-17H,3-12H2,1-2H3. The Morgan fingerprint density at radius 2 is 1.60 bits per heavy atom. The molecule has 2 heteroatoms. The molecule has 0 bridgehead atoms. The van der Waals surface area contributed by atoms with Crippen LogP contribution in [-0.4, -0.2) is 24.4 Å². The molecule has 0 aromatic heterocycles. The maximum atomic E-state index is 12.4. The van der Waals surface area contributed by atoms with Crippen molar-refractivity contribution in [2.24, 2.45) is 29.6 Å². The van der Waals surface area contributed by atoms with Gasteiger partial charge in [0, 0.05) is 20.0 Å². The van der Waals surface area contributed by atoms with Gasteiger partial charge in [-0.15, -0.1) is 0 Å². The highest BCUT2D eigenvalue weighted by molar-refractivity contribution is 5.76. The van der Waals surface area contributed by atoms with Crippen molar-refractivity contribution in [3.05, 3.63) is 0 Å². The van der Waals surface area contributed by atoms with Crippen LogP contribution in [0.25, 0.3) is 0 Å². The summed E-state index contributed by atoms with van der Waals surface area (Å²) in [5.41, 5.74) is 0. The van der Waals surface area contributed by atoms with Crippen molar-refractivity contribution in [1.82, 2.24) is 4.90 Å². The number of carbonyl (C=O) groups is 1. The van der Waals surface area contributed by atoms with Crippen molar-refractivity contribution in [3.63, 3.8) is 0 Å². The van der Waals surface area contributed by atoms with Gasteiger partial charge in [0.15, 0.2) is 0 Å². The quantitative estimate of drug-likeness (QED) is 0.757. The summed E-state index contributed by atoms with van der Waals surface area (Å²) in [5, 5.41) is 0. The molecule has 1 amide bonds. The van der Waals surface area contributed by atoms with Crippen LogP contribution in [-0.2, 0) is 4.79 Å². The number of amides is 1. The van der Waals surface area contributed by atoms with Gasteiger partial charge in [-0.1, -0.05) is 32.6 Å². The van der Waals surface area contributed by atoms with E-state index in [1.54, 1.807) is 0 Å². The molecule has 0 radical (unpaired) electrons. The van der Waals surface area contributed by atoms with Crippen molar-refractivity contribution in [3.8, 4) is 0 Å². The first-order chi connectivity index (χ1) is 9.66. The maximum absolute atomic E-state index is 12.4. The van der Waals surface area contributed by atoms with E-state index in [4.69, 9.17) is 0 Å². The minimum Gasteiger partial charge on any atom is -0.345 e. The van der Waals surface area contributed by atoms with Crippen LogP contribution in [0.3, 0.4) is 0 Å². The van der Waals surface area contributed by atoms with Crippen LogP contribution in [0.2, 0.25) is 0 Å². The number of fused-ring (bicyclic) bond motifs is 1. The zero-order chi connectivity index (χ0) is 14.1. The summed E-state index contributed by atoms with van der Waals surface area (Å²) < 4.78 is 0. The molecule has 0 aromatic rings. The molecule has 3 fully saturated rings. The number of hydrogen-bond donors (Lipinski definition) is 0. The average molecular weight is 277 g/mol. The largest absolute Gasteiger partial charge is 0.345 e. The lowest BCUT2D eigenvalue weighted by atomic mass is 9.52. The Bertz CT molecular complexity index is 347. The second kappa shape index (κ2) is 6.07. The molecule has 0 aromatic carbocycles. The molecule has 0 N–H and O–H groups in total. The van der Waals surface area contributed by atoms with Crippen molar-refractivity contribution in [2.45, 2.75) is 64.7 Å². The highest BCUT2D eigenvalue weighted by Gasteiger charge is 2.48. The van der Waals surface area contributed by atoms with Gasteiger partial charge in [-0.05, 0) is 55.3 Å². The van der Waals surface area contributed by atoms with Crippen LogP contribution >= 0.6 is 0 Å². The fraction of sp³-hybridized carbons (Fsp3) is 0.944. The Hall–Kier alpha value is -0.530. The van der Waals surface area contributed by atoms with Gasteiger partial charge >= 0.3 is 0 Å². The molecule has 0 heterocycles. The van der Waals surface area contributed by atoms with E-state index in [2.05, 4.69) is 11.8 Å². The molecule has 0 saturated heterocycles. The number of hydrogen-bond acceptors (Lipinski definition) is 1. The van der Waals surface area contributed by atoms with Gasteiger partial charge in [0.2, 0.25) is 5.91 Å². The molecule has 3 aliphatic carbocycles. The third-order valence-corrected chi connectivity index (χ3v) is 6.62. The zero-order valence-electron chi connectivity index (χ0n) is 13.3. The summed E-state index contributed by atoms with van der Waals surface area (Å²) in [6, 6.07) is 0. The second-order valence-electron chi connectivity index (χ2n) is 7.76. The van der Waals surface area contributed by atoms with Gasteiger partial charge in [0.25, 0.3) is 0 Å². The summed E-state index contributed by atoms with van der Waals surface area (Å²) >= 11 is 0. The van der Waals surface area contributed by atoms with Crippen molar-refractivity contribution < 1.29 is 4.79 Å². The lowest BCUT2D eigenvalue weighted by Gasteiger charge is -2.54. The Kier molecular flexibility index (Phi) is 4.37. The Morgan fingerprint density at radius 1 is 1.00 bits per heavy atom. The first-order valence-electron chi connectivity index (χ1n) is 8.90. The van der Waals surface area contributed by atoms with E-state index < -0.39 is 0 Å². The summed E-state index contributed by atoms with van der Waals surface area (Å²) in [6.07, 6.45) is 11.8. The topological polar surface area (TPSA) is 20.3 Å². The average Bonchev–Trinajstić information content (AvgIpc) is 2.96. The van der Waals surface area contributed by atoms with E-state index in [1.807, 2.05) is 7.05 Å². The molecule has 2 nitrogen and oxygen atoms in total. The summed E-state index contributed by atoms with van der Waals surface area (Å²) in [7, 11) is 2.04. The Morgan fingerprint density at radius 3 is 2.30 bits per heavy atom. The molecule has 20 heavy (non-hydrogen) atoms. The van der Waals surface area contributed by atoms with E-state index in [0.29, 0.717) is 11.8 Å². The molecular weight excluding hydrogens is 246 g/mol. The van der Waals surface area contributed by atoms with Gasteiger partial charge in [-0.3, -0.25) is 4.79 Å². The van der Waals surface area contributed by atoms with Gasteiger partial charge in [-0.2, -0.15) is 0 Å². The third kappa shape index (κ3) is 2.76. The minimum atomic E-state index is 0.406. The molecule has 114 valence electrons. The smallest absolute Gasteiger partial charge is 0.222 e. The van der Waals surface area contributed by atoms with Crippen LogP contribution in [0, 0.1) is 29.6 Å². The lowest BCUT2D eigenvalue weighted by Crippen LogP contribution is -2.52. The van der Waals surface area contributed by atoms with E-state index in [0.717, 1.165) is 36.6 Å². The van der Waals surface area contributed by atoms with Gasteiger partial charge < -0.3 is 4.90 Å². The maximum Gasteiger partial charge on any atom is 0.222 e. The SMILES string of the molecule is CC1C2CCCCC2C1CN(C)C(=O)CC1CCCC1. The number of rotatable bonds is 4. The number of nitrogens with zero attached hydrogens (tertiary/aromatic N) is 1. The van der Waals surface area contributed by atoms with Gasteiger partial charge in [0.05, 0.1) is 0 Å². The van der Waals surface area contributed by atoms with E-state index in [-0.39, 0.29) is 0 Å². The molecule has 0 aliphatic heterocycles. The fourth-order valence-electron chi connectivity index (χ4n) is 5.27. The van der Waals surface area contributed by atoms with Crippen LogP contribution in [0.4, 0.5) is 0 Å². The molecule has 3 aliphatic rings. The predicted octanol–water partition coefficient (Wildman–Crippen LogP) is 4.10. The second-order valence-corrected chi connectivity index (χ2v) is 7.76. The van der Waals surface area contributed by atoms with E-state index >= 15 is 0 Å². The first-order valence-corrected chi connectivity index (χ1v) is 8.90. The highest BCUT2D eigenvalue weighted by Crippen LogP contribution is 2.53. The molecule has 3 saturated carbocycles. The van der Waals surface area contributed by atoms with Crippen LogP contribution in [0.15, 0.2) is 0 Å². The summed E-state index contributed by atoms with van der Waals surface area (Å²) in [6.45, 7) is 3.44.